The van der Waals surface area contributed by atoms with Crippen LogP contribution in [-0.2, 0) is 10.0 Å². The van der Waals surface area contributed by atoms with Gasteiger partial charge in [-0.3, -0.25) is 0 Å². The third-order valence-corrected chi connectivity index (χ3v) is 5.68. The van der Waals surface area contributed by atoms with Crippen LogP contribution >= 0.6 is 0 Å². The number of benzene rings is 1. The van der Waals surface area contributed by atoms with E-state index < -0.39 is 10.0 Å². The first-order valence-electron chi connectivity index (χ1n) is 8.33. The van der Waals surface area contributed by atoms with Crippen molar-refractivity contribution in [3.8, 4) is 0 Å². The lowest BCUT2D eigenvalue weighted by Gasteiger charge is -2.31. The zero-order chi connectivity index (χ0) is 18.0. The number of urea groups is 1. The van der Waals surface area contributed by atoms with E-state index in [1.807, 2.05) is 37.3 Å². The van der Waals surface area contributed by atoms with Gasteiger partial charge in [0.25, 0.3) is 0 Å². The molecule has 0 bridgehead atoms. The zero-order valence-corrected chi connectivity index (χ0v) is 15.2. The molecule has 1 aliphatic rings. The van der Waals surface area contributed by atoms with E-state index in [4.69, 9.17) is 4.42 Å². The smallest absolute Gasteiger partial charge is 0.315 e. The van der Waals surface area contributed by atoms with Crippen LogP contribution < -0.4 is 10.6 Å². The van der Waals surface area contributed by atoms with E-state index >= 15 is 0 Å². The van der Waals surface area contributed by atoms with E-state index in [-0.39, 0.29) is 18.1 Å². The fourth-order valence-corrected chi connectivity index (χ4v) is 3.98. The molecule has 0 aliphatic carbocycles. The highest BCUT2D eigenvalue weighted by Crippen LogP contribution is 2.23. The number of carbonyl (C=O) groups is 1. The first kappa shape index (κ1) is 17.8. The van der Waals surface area contributed by atoms with Crippen LogP contribution in [0.3, 0.4) is 0 Å². The highest BCUT2D eigenvalue weighted by Gasteiger charge is 2.27. The van der Waals surface area contributed by atoms with E-state index in [2.05, 4.69) is 10.6 Å². The number of hydrogen-bond acceptors (Lipinski definition) is 4. The second-order valence-electron chi connectivity index (χ2n) is 6.49. The topological polar surface area (TPSA) is 91.7 Å². The first-order valence-corrected chi connectivity index (χ1v) is 10.2. The number of carbonyl (C=O) groups excluding carboxylic acids is 1. The third kappa shape index (κ3) is 4.32. The first-order chi connectivity index (χ1) is 11.8. The van der Waals surface area contributed by atoms with Gasteiger partial charge >= 0.3 is 6.03 Å². The summed E-state index contributed by atoms with van der Waals surface area (Å²) in [5.74, 6) is 0.678. The van der Waals surface area contributed by atoms with Crippen molar-refractivity contribution in [2.45, 2.75) is 31.8 Å². The van der Waals surface area contributed by atoms with Crippen molar-refractivity contribution in [3.63, 3.8) is 0 Å². The van der Waals surface area contributed by atoms with Gasteiger partial charge in [0.05, 0.1) is 12.3 Å². The number of para-hydroxylation sites is 1. The maximum absolute atomic E-state index is 12.2. The predicted octanol–water partition coefficient (Wildman–Crippen LogP) is 2.22. The Kier molecular flexibility index (Phi) is 5.01. The monoisotopic (exact) mass is 365 g/mol. The normalized spacial score (nSPS) is 20.3. The molecule has 136 valence electrons. The van der Waals surface area contributed by atoms with Crippen LogP contribution in [0.2, 0.25) is 0 Å². The van der Waals surface area contributed by atoms with Gasteiger partial charge in [0, 0.05) is 24.5 Å². The summed E-state index contributed by atoms with van der Waals surface area (Å²) in [6, 6.07) is 8.78. The van der Waals surface area contributed by atoms with Gasteiger partial charge in [0.2, 0.25) is 10.0 Å². The number of fused-ring (bicyclic) bond motifs is 1. The van der Waals surface area contributed by atoms with Crippen LogP contribution in [0.15, 0.2) is 34.7 Å². The van der Waals surface area contributed by atoms with Gasteiger partial charge < -0.3 is 15.1 Å². The SMILES string of the molecule is CC(NC(=O)NC1CCCN(S(C)(=O)=O)C1)c1cc2ccccc2o1. The summed E-state index contributed by atoms with van der Waals surface area (Å²) < 4.78 is 30.5. The molecule has 2 atom stereocenters. The molecule has 1 aromatic carbocycles. The van der Waals surface area contributed by atoms with E-state index in [9.17, 15) is 13.2 Å². The van der Waals surface area contributed by atoms with Gasteiger partial charge in [0.1, 0.15) is 11.3 Å². The van der Waals surface area contributed by atoms with E-state index in [1.54, 1.807) is 0 Å². The molecule has 8 heteroatoms. The zero-order valence-electron chi connectivity index (χ0n) is 14.4. The number of sulfonamides is 1. The Morgan fingerprint density at radius 3 is 2.84 bits per heavy atom. The van der Waals surface area contributed by atoms with E-state index in [0.717, 1.165) is 23.8 Å². The van der Waals surface area contributed by atoms with Crippen molar-refractivity contribution in [2.75, 3.05) is 19.3 Å². The summed E-state index contributed by atoms with van der Waals surface area (Å²) in [5, 5.41) is 6.69. The summed E-state index contributed by atoms with van der Waals surface area (Å²) in [4.78, 5) is 12.2. The van der Waals surface area contributed by atoms with Crippen molar-refractivity contribution in [3.05, 3.63) is 36.1 Å². The Morgan fingerprint density at radius 1 is 1.36 bits per heavy atom. The number of nitrogens with zero attached hydrogens (tertiary/aromatic N) is 1. The molecule has 2 aromatic rings. The summed E-state index contributed by atoms with van der Waals surface area (Å²) in [7, 11) is -3.23. The lowest BCUT2D eigenvalue weighted by Crippen LogP contribution is -2.51. The lowest BCUT2D eigenvalue weighted by molar-refractivity contribution is 0.222. The number of piperidine rings is 1. The molecule has 0 spiro atoms. The van der Waals surface area contributed by atoms with Crippen molar-refractivity contribution in [1.29, 1.82) is 0 Å². The molecule has 1 saturated heterocycles. The van der Waals surface area contributed by atoms with Crippen molar-refractivity contribution < 1.29 is 17.6 Å². The fourth-order valence-electron chi connectivity index (χ4n) is 3.07. The van der Waals surface area contributed by atoms with E-state index in [0.29, 0.717) is 18.8 Å². The Balaban J connectivity index is 1.58. The lowest BCUT2D eigenvalue weighted by atomic mass is 10.1. The summed E-state index contributed by atoms with van der Waals surface area (Å²) in [6.07, 6.45) is 2.69. The molecule has 2 amide bonds. The number of hydrogen-bond donors (Lipinski definition) is 2. The van der Waals surface area contributed by atoms with Crippen molar-refractivity contribution >= 4 is 27.0 Å². The third-order valence-electron chi connectivity index (χ3n) is 4.41. The van der Waals surface area contributed by atoms with Gasteiger partial charge in [-0.1, -0.05) is 18.2 Å². The molecule has 25 heavy (non-hydrogen) atoms. The quantitative estimate of drug-likeness (QED) is 0.869. The second kappa shape index (κ2) is 7.05. The van der Waals surface area contributed by atoms with Gasteiger partial charge in [0.15, 0.2) is 0 Å². The highest BCUT2D eigenvalue weighted by molar-refractivity contribution is 7.88. The Morgan fingerprint density at radius 2 is 2.12 bits per heavy atom. The summed E-state index contributed by atoms with van der Waals surface area (Å²) >= 11 is 0. The predicted molar refractivity (Wildman–Crippen MR) is 95.7 cm³/mol. The fraction of sp³-hybridized carbons (Fsp3) is 0.471. The number of nitrogens with one attached hydrogen (secondary N) is 2. The minimum Gasteiger partial charge on any atom is -0.459 e. The second-order valence-corrected chi connectivity index (χ2v) is 8.47. The molecule has 1 aromatic heterocycles. The van der Waals surface area contributed by atoms with Crippen LogP contribution in [0.1, 0.15) is 31.6 Å². The molecule has 1 aliphatic heterocycles. The average Bonchev–Trinajstić information content (AvgIpc) is 2.98. The molecule has 0 radical (unpaired) electrons. The van der Waals surface area contributed by atoms with Crippen molar-refractivity contribution in [1.82, 2.24) is 14.9 Å². The molecule has 2 unspecified atom stereocenters. The van der Waals surface area contributed by atoms with Gasteiger partial charge in [-0.15, -0.1) is 0 Å². The average molecular weight is 365 g/mol. The molecule has 3 rings (SSSR count). The van der Waals surface area contributed by atoms with Crippen molar-refractivity contribution in [2.24, 2.45) is 0 Å². The summed E-state index contributed by atoms with van der Waals surface area (Å²) in [5.41, 5.74) is 0.780. The molecular weight excluding hydrogens is 342 g/mol. The Labute approximate surface area is 147 Å². The minimum atomic E-state index is -3.23. The van der Waals surface area contributed by atoms with Crippen LogP contribution in [-0.4, -0.2) is 44.1 Å². The molecular formula is C17H23N3O4S. The van der Waals surface area contributed by atoms with Gasteiger partial charge in [-0.25, -0.2) is 17.5 Å². The molecule has 7 nitrogen and oxygen atoms in total. The Hall–Kier alpha value is -2.06. The van der Waals surface area contributed by atoms with Gasteiger partial charge in [-0.2, -0.15) is 0 Å². The number of amides is 2. The number of furan rings is 1. The largest absolute Gasteiger partial charge is 0.459 e. The minimum absolute atomic E-state index is 0.189. The highest BCUT2D eigenvalue weighted by atomic mass is 32.2. The Bertz CT molecular complexity index is 829. The standard InChI is InChI=1S/C17H23N3O4S/c1-12(16-10-13-6-3-4-8-15(13)24-16)18-17(21)19-14-7-5-9-20(11-14)25(2,22)23/h3-4,6,8,10,12,14H,5,7,9,11H2,1-2H3,(H2,18,19,21). The maximum Gasteiger partial charge on any atom is 0.315 e. The van der Waals surface area contributed by atoms with Crippen LogP contribution in [0.5, 0.6) is 0 Å². The van der Waals surface area contributed by atoms with Crippen LogP contribution in [0, 0.1) is 0 Å². The molecule has 2 heterocycles. The molecule has 0 saturated carbocycles. The maximum atomic E-state index is 12.2. The van der Waals surface area contributed by atoms with Crippen LogP contribution in [0.25, 0.3) is 11.0 Å². The van der Waals surface area contributed by atoms with Gasteiger partial charge in [-0.05, 0) is 31.9 Å². The molecule has 1 fully saturated rings. The summed E-state index contributed by atoms with van der Waals surface area (Å²) in [6.45, 7) is 2.67. The molecule has 2 N–H and O–H groups in total. The number of rotatable bonds is 4. The van der Waals surface area contributed by atoms with E-state index in [1.165, 1.54) is 10.6 Å². The van der Waals surface area contributed by atoms with Crippen LogP contribution in [0.4, 0.5) is 4.79 Å².